The van der Waals surface area contributed by atoms with E-state index in [4.69, 9.17) is 0 Å². The Balaban J connectivity index is 2.19. The van der Waals surface area contributed by atoms with Crippen LogP contribution in [0.4, 0.5) is 0 Å². The smallest absolute Gasteiger partial charge is 0.241 e. The van der Waals surface area contributed by atoms with Gasteiger partial charge in [0.1, 0.15) is 0 Å². The van der Waals surface area contributed by atoms with Gasteiger partial charge in [-0.3, -0.25) is 4.79 Å². The standard InChI is InChI=1S/C15H17NO3S2/c1-10-4-9-15(20-10)11(2)16-21(18,19)14-7-5-13(6-8-14)12(3)17/h4-9,11,16H,1-3H3. The number of hydrogen-bond donors (Lipinski definition) is 1. The molecule has 0 aliphatic carbocycles. The molecule has 0 aliphatic rings. The van der Waals surface area contributed by atoms with Crippen LogP contribution in [-0.2, 0) is 10.0 Å². The Morgan fingerprint density at radius 1 is 1.14 bits per heavy atom. The lowest BCUT2D eigenvalue weighted by atomic mass is 10.2. The fraction of sp³-hybridized carbons (Fsp3) is 0.267. The molecule has 2 aromatic rings. The third-order valence-corrected chi connectivity index (χ3v) is 5.83. The molecule has 1 unspecified atom stereocenters. The SMILES string of the molecule is CC(=O)c1ccc(S(=O)(=O)NC(C)c2ccc(C)s2)cc1. The minimum Gasteiger partial charge on any atom is -0.295 e. The first kappa shape index (κ1) is 15.9. The van der Waals surface area contributed by atoms with Gasteiger partial charge < -0.3 is 0 Å². The Morgan fingerprint density at radius 3 is 2.24 bits per heavy atom. The van der Waals surface area contributed by atoms with E-state index in [9.17, 15) is 13.2 Å². The molecule has 0 amide bonds. The summed E-state index contributed by atoms with van der Waals surface area (Å²) in [7, 11) is -3.60. The molecule has 1 heterocycles. The van der Waals surface area contributed by atoms with Crippen LogP contribution in [0.25, 0.3) is 0 Å². The van der Waals surface area contributed by atoms with Crippen LogP contribution in [0, 0.1) is 6.92 Å². The first-order valence-electron chi connectivity index (χ1n) is 6.49. The van der Waals surface area contributed by atoms with E-state index in [2.05, 4.69) is 4.72 Å². The molecule has 0 bridgehead atoms. The second kappa shape index (κ2) is 6.09. The summed E-state index contributed by atoms with van der Waals surface area (Å²) in [6, 6.07) is 9.55. The van der Waals surface area contributed by atoms with Gasteiger partial charge in [-0.15, -0.1) is 11.3 Å². The Bertz CT molecular complexity index is 745. The molecule has 0 saturated carbocycles. The number of thiophene rings is 1. The van der Waals surface area contributed by atoms with E-state index in [0.717, 1.165) is 9.75 Å². The second-order valence-corrected chi connectivity index (χ2v) is 7.91. The summed E-state index contributed by atoms with van der Waals surface area (Å²) < 4.78 is 27.3. The van der Waals surface area contributed by atoms with Gasteiger partial charge in [0, 0.05) is 15.3 Å². The second-order valence-electron chi connectivity index (χ2n) is 4.87. The van der Waals surface area contributed by atoms with Gasteiger partial charge in [0.2, 0.25) is 10.0 Å². The summed E-state index contributed by atoms with van der Waals surface area (Å²) in [6.07, 6.45) is 0. The van der Waals surface area contributed by atoms with E-state index < -0.39 is 10.0 Å². The van der Waals surface area contributed by atoms with E-state index in [-0.39, 0.29) is 16.7 Å². The number of ketones is 1. The molecule has 1 aromatic heterocycles. The molecule has 4 nitrogen and oxygen atoms in total. The average molecular weight is 323 g/mol. The van der Waals surface area contributed by atoms with E-state index in [1.807, 2.05) is 26.0 Å². The fourth-order valence-electron chi connectivity index (χ4n) is 1.91. The molecule has 1 N–H and O–H groups in total. The van der Waals surface area contributed by atoms with Gasteiger partial charge in [0.15, 0.2) is 5.78 Å². The predicted molar refractivity (Wildman–Crippen MR) is 84.2 cm³/mol. The fourth-order valence-corrected chi connectivity index (χ4v) is 4.09. The summed E-state index contributed by atoms with van der Waals surface area (Å²) in [5, 5.41) is 0. The largest absolute Gasteiger partial charge is 0.295 e. The van der Waals surface area contributed by atoms with Gasteiger partial charge in [-0.1, -0.05) is 12.1 Å². The highest BCUT2D eigenvalue weighted by atomic mass is 32.2. The highest BCUT2D eigenvalue weighted by Gasteiger charge is 2.19. The average Bonchev–Trinajstić information content (AvgIpc) is 2.85. The zero-order valence-electron chi connectivity index (χ0n) is 12.1. The van der Waals surface area contributed by atoms with E-state index in [1.54, 1.807) is 11.3 Å². The quantitative estimate of drug-likeness (QED) is 0.859. The van der Waals surface area contributed by atoms with Crippen LogP contribution in [-0.4, -0.2) is 14.2 Å². The Labute approximate surface area is 128 Å². The normalized spacial score (nSPS) is 13.1. The van der Waals surface area contributed by atoms with Gasteiger partial charge >= 0.3 is 0 Å². The van der Waals surface area contributed by atoms with Gasteiger partial charge in [0.25, 0.3) is 0 Å². The molecule has 6 heteroatoms. The van der Waals surface area contributed by atoms with Crippen LogP contribution in [0.5, 0.6) is 0 Å². The Morgan fingerprint density at radius 2 is 1.76 bits per heavy atom. The van der Waals surface area contributed by atoms with Crippen molar-refractivity contribution >= 4 is 27.1 Å². The summed E-state index contributed by atoms with van der Waals surface area (Å²) >= 11 is 1.57. The third kappa shape index (κ3) is 3.78. The van der Waals surface area contributed by atoms with Crippen LogP contribution in [0.15, 0.2) is 41.3 Å². The molecular formula is C15H17NO3S2. The van der Waals surface area contributed by atoms with Gasteiger partial charge in [-0.05, 0) is 45.0 Å². The Hall–Kier alpha value is -1.50. The number of Topliss-reactive ketones (excluding diaryl/α,β-unsaturated/α-hetero) is 1. The molecule has 0 spiro atoms. The molecule has 0 saturated heterocycles. The number of sulfonamides is 1. The maximum absolute atomic E-state index is 12.3. The zero-order chi connectivity index (χ0) is 15.6. The molecule has 1 aromatic carbocycles. The highest BCUT2D eigenvalue weighted by Crippen LogP contribution is 2.24. The van der Waals surface area contributed by atoms with Crippen molar-refractivity contribution in [3.05, 3.63) is 51.7 Å². The minimum absolute atomic E-state index is 0.0886. The number of carbonyl (C=O) groups is 1. The highest BCUT2D eigenvalue weighted by molar-refractivity contribution is 7.89. The molecule has 21 heavy (non-hydrogen) atoms. The first-order chi connectivity index (χ1) is 9.79. The molecule has 1 atom stereocenters. The first-order valence-corrected chi connectivity index (χ1v) is 8.79. The van der Waals surface area contributed by atoms with E-state index in [0.29, 0.717) is 5.56 Å². The maximum atomic E-state index is 12.3. The van der Waals surface area contributed by atoms with Crippen LogP contribution in [0.3, 0.4) is 0 Å². The molecule has 2 rings (SSSR count). The number of hydrogen-bond acceptors (Lipinski definition) is 4. The molecule has 0 aliphatic heterocycles. The van der Waals surface area contributed by atoms with Crippen molar-refractivity contribution in [1.82, 2.24) is 4.72 Å². The number of carbonyl (C=O) groups excluding carboxylic acids is 1. The lowest BCUT2D eigenvalue weighted by molar-refractivity contribution is 0.101. The topological polar surface area (TPSA) is 63.2 Å². The van der Waals surface area contributed by atoms with Crippen molar-refractivity contribution in [3.8, 4) is 0 Å². The van der Waals surface area contributed by atoms with Gasteiger partial charge in [0.05, 0.1) is 10.9 Å². The number of nitrogens with one attached hydrogen (secondary N) is 1. The van der Waals surface area contributed by atoms with Crippen LogP contribution in [0.1, 0.15) is 40.0 Å². The monoisotopic (exact) mass is 323 g/mol. The summed E-state index contributed by atoms with van der Waals surface area (Å²) in [4.78, 5) is 13.5. The number of benzene rings is 1. The Kier molecular flexibility index (Phi) is 4.61. The number of rotatable bonds is 5. The summed E-state index contributed by atoms with van der Waals surface area (Å²) in [5.74, 6) is -0.0886. The van der Waals surface area contributed by atoms with Crippen LogP contribution in [0.2, 0.25) is 0 Å². The molecule has 0 fully saturated rings. The molecule has 0 radical (unpaired) electrons. The van der Waals surface area contributed by atoms with Crippen molar-refractivity contribution in [2.45, 2.75) is 31.7 Å². The van der Waals surface area contributed by atoms with Crippen molar-refractivity contribution in [2.75, 3.05) is 0 Å². The van der Waals surface area contributed by atoms with Crippen molar-refractivity contribution < 1.29 is 13.2 Å². The third-order valence-electron chi connectivity index (χ3n) is 3.09. The van der Waals surface area contributed by atoms with Gasteiger partial charge in [-0.2, -0.15) is 0 Å². The number of aryl methyl sites for hydroxylation is 1. The zero-order valence-corrected chi connectivity index (χ0v) is 13.7. The summed E-state index contributed by atoms with van der Waals surface area (Å²) in [6.45, 7) is 5.24. The predicted octanol–water partition coefficient (Wildman–Crippen LogP) is 3.30. The van der Waals surface area contributed by atoms with Crippen LogP contribution < -0.4 is 4.72 Å². The van der Waals surface area contributed by atoms with Crippen molar-refractivity contribution in [1.29, 1.82) is 0 Å². The maximum Gasteiger partial charge on any atom is 0.241 e. The van der Waals surface area contributed by atoms with Crippen LogP contribution >= 0.6 is 11.3 Å². The van der Waals surface area contributed by atoms with Gasteiger partial charge in [-0.25, -0.2) is 13.1 Å². The minimum atomic E-state index is -3.60. The van der Waals surface area contributed by atoms with Crippen molar-refractivity contribution in [2.24, 2.45) is 0 Å². The molecular weight excluding hydrogens is 306 g/mol. The van der Waals surface area contributed by atoms with E-state index >= 15 is 0 Å². The lowest BCUT2D eigenvalue weighted by Crippen LogP contribution is -2.26. The summed E-state index contributed by atoms with van der Waals surface area (Å²) in [5.41, 5.74) is 0.496. The molecule has 112 valence electrons. The van der Waals surface area contributed by atoms with E-state index in [1.165, 1.54) is 31.2 Å². The van der Waals surface area contributed by atoms with Crippen molar-refractivity contribution in [3.63, 3.8) is 0 Å². The lowest BCUT2D eigenvalue weighted by Gasteiger charge is -2.13.